The van der Waals surface area contributed by atoms with Crippen molar-refractivity contribution in [2.75, 3.05) is 0 Å². The molecule has 2 aliphatic carbocycles. The maximum absolute atomic E-state index is 5.70. The summed E-state index contributed by atoms with van der Waals surface area (Å²) >= 11 is 5.38. The Morgan fingerprint density at radius 2 is 1.77 bits per heavy atom. The molecule has 0 N–H and O–H groups in total. The normalized spacial score (nSPS) is 19.1. The molecule has 5 heteroatoms. The van der Waals surface area contributed by atoms with Gasteiger partial charge in [-0.05, 0) is 50.0 Å². The van der Waals surface area contributed by atoms with E-state index in [2.05, 4.69) is 10.00 Å². The van der Waals surface area contributed by atoms with Gasteiger partial charge in [-0.25, -0.2) is 4.68 Å². The molecule has 0 radical (unpaired) electrons. The maximum atomic E-state index is 5.70. The van der Waals surface area contributed by atoms with Crippen LogP contribution in [0.15, 0.2) is 34.7 Å². The van der Waals surface area contributed by atoms with Crippen molar-refractivity contribution in [1.82, 2.24) is 14.7 Å². The Labute approximate surface area is 135 Å². The van der Waals surface area contributed by atoms with E-state index in [0.717, 1.165) is 18.3 Å². The molecule has 0 bridgehead atoms. The Balaban J connectivity index is 1.57. The summed E-state index contributed by atoms with van der Waals surface area (Å²) in [6.45, 7) is 0.768. The molecular weight excluding hydrogens is 294 g/mol. The van der Waals surface area contributed by atoms with E-state index in [4.69, 9.17) is 16.6 Å². The second kappa shape index (κ2) is 5.97. The largest absolute Gasteiger partial charge is 0.409 e. The van der Waals surface area contributed by atoms with E-state index >= 15 is 0 Å². The van der Waals surface area contributed by atoms with Crippen LogP contribution in [0.4, 0.5) is 0 Å². The average molecular weight is 315 g/mol. The first-order chi connectivity index (χ1) is 10.8. The number of benzene rings is 1. The number of rotatable bonds is 5. The fourth-order valence-electron chi connectivity index (χ4n) is 3.42. The van der Waals surface area contributed by atoms with E-state index in [9.17, 15) is 0 Å². The highest BCUT2D eigenvalue weighted by Crippen LogP contribution is 2.34. The molecule has 1 heterocycles. The molecule has 0 atom stereocenters. The van der Waals surface area contributed by atoms with Crippen LogP contribution in [0.1, 0.15) is 38.5 Å². The van der Waals surface area contributed by atoms with Gasteiger partial charge in [-0.2, -0.15) is 0 Å². The zero-order valence-electron chi connectivity index (χ0n) is 12.6. The monoisotopic (exact) mass is 315 g/mol. The van der Waals surface area contributed by atoms with E-state index in [1.165, 1.54) is 38.5 Å². The predicted octanol–water partition coefficient (Wildman–Crippen LogP) is 4.24. The number of hydrogen-bond donors (Lipinski definition) is 0. The molecule has 22 heavy (non-hydrogen) atoms. The SMILES string of the molecule is S=c1oc(-c2ccccc2)nn1CN(C1CCCC1)C1CC1. The molecular formula is C17H21N3OS. The lowest BCUT2D eigenvalue weighted by molar-refractivity contribution is 0.133. The van der Waals surface area contributed by atoms with Gasteiger partial charge in [0.2, 0.25) is 5.89 Å². The van der Waals surface area contributed by atoms with Gasteiger partial charge < -0.3 is 4.42 Å². The van der Waals surface area contributed by atoms with Crippen LogP contribution in [0.5, 0.6) is 0 Å². The van der Waals surface area contributed by atoms with Crippen LogP contribution in [-0.4, -0.2) is 26.8 Å². The summed E-state index contributed by atoms with van der Waals surface area (Å²) in [5.74, 6) is 0.618. The van der Waals surface area contributed by atoms with Crippen LogP contribution in [0.3, 0.4) is 0 Å². The zero-order chi connectivity index (χ0) is 14.9. The molecule has 2 aliphatic rings. The second-order valence-electron chi connectivity index (χ2n) is 6.36. The topological polar surface area (TPSA) is 34.2 Å². The van der Waals surface area contributed by atoms with Crippen LogP contribution in [0, 0.1) is 4.84 Å². The molecule has 0 spiro atoms. The Bertz CT molecular complexity index is 683. The van der Waals surface area contributed by atoms with Gasteiger partial charge in [0.25, 0.3) is 4.84 Å². The third-order valence-corrected chi connectivity index (χ3v) is 5.03. The third-order valence-electron chi connectivity index (χ3n) is 4.73. The maximum Gasteiger partial charge on any atom is 0.288 e. The lowest BCUT2D eigenvalue weighted by atomic mass is 10.2. The van der Waals surface area contributed by atoms with Crippen molar-refractivity contribution in [2.45, 2.75) is 57.3 Å². The lowest BCUT2D eigenvalue weighted by Gasteiger charge is -2.28. The standard InChI is InChI=1S/C17H21N3OS/c22-17-20(18-16(21-17)13-6-2-1-3-7-13)12-19(15-10-11-15)14-8-4-5-9-14/h1-3,6-7,14-15H,4-5,8-12H2. The fraction of sp³-hybridized carbons (Fsp3) is 0.529. The van der Waals surface area contributed by atoms with Crippen molar-refractivity contribution in [3.05, 3.63) is 35.2 Å². The van der Waals surface area contributed by atoms with E-state index in [1.807, 2.05) is 35.0 Å². The summed E-state index contributed by atoms with van der Waals surface area (Å²) in [4.78, 5) is 3.07. The number of hydrogen-bond acceptors (Lipinski definition) is 4. The molecule has 0 amide bonds. The van der Waals surface area contributed by atoms with Gasteiger partial charge in [0.05, 0.1) is 6.67 Å². The average Bonchev–Trinajstić information content (AvgIpc) is 3.11. The van der Waals surface area contributed by atoms with Crippen LogP contribution in [0.25, 0.3) is 11.5 Å². The van der Waals surface area contributed by atoms with E-state index in [0.29, 0.717) is 16.8 Å². The third kappa shape index (κ3) is 2.88. The van der Waals surface area contributed by atoms with E-state index in [-0.39, 0.29) is 0 Å². The molecule has 4 nitrogen and oxygen atoms in total. The van der Waals surface area contributed by atoms with Gasteiger partial charge in [-0.15, -0.1) is 5.10 Å². The first-order valence-electron chi connectivity index (χ1n) is 8.20. The van der Waals surface area contributed by atoms with Gasteiger partial charge in [0, 0.05) is 17.6 Å². The molecule has 4 rings (SSSR count). The summed E-state index contributed by atoms with van der Waals surface area (Å²) in [7, 11) is 0. The minimum absolute atomic E-state index is 0.475. The predicted molar refractivity (Wildman–Crippen MR) is 87.9 cm³/mol. The molecule has 0 saturated heterocycles. The van der Waals surface area contributed by atoms with Crippen molar-refractivity contribution in [1.29, 1.82) is 0 Å². The molecule has 2 saturated carbocycles. The Kier molecular flexibility index (Phi) is 3.84. The molecule has 1 aromatic carbocycles. The first-order valence-corrected chi connectivity index (χ1v) is 8.61. The van der Waals surface area contributed by atoms with E-state index in [1.54, 1.807) is 0 Å². The number of aromatic nitrogens is 2. The van der Waals surface area contributed by atoms with Crippen molar-refractivity contribution in [3.8, 4) is 11.5 Å². The summed E-state index contributed by atoms with van der Waals surface area (Å²) in [6.07, 6.45) is 7.96. The zero-order valence-corrected chi connectivity index (χ0v) is 13.5. The smallest absolute Gasteiger partial charge is 0.288 e. The summed E-state index contributed by atoms with van der Waals surface area (Å²) < 4.78 is 7.56. The molecule has 2 aromatic rings. The molecule has 0 unspecified atom stereocenters. The first kappa shape index (κ1) is 14.2. The molecule has 116 valence electrons. The van der Waals surface area contributed by atoms with Gasteiger partial charge in [-0.3, -0.25) is 4.90 Å². The molecule has 2 fully saturated rings. The summed E-state index contributed by atoms with van der Waals surface area (Å²) in [5, 5.41) is 4.61. The summed E-state index contributed by atoms with van der Waals surface area (Å²) in [5.41, 5.74) is 0.978. The second-order valence-corrected chi connectivity index (χ2v) is 6.71. The van der Waals surface area contributed by atoms with Crippen LogP contribution < -0.4 is 0 Å². The molecule has 1 aromatic heterocycles. The quantitative estimate of drug-likeness (QED) is 0.773. The summed E-state index contributed by atoms with van der Waals surface area (Å²) in [6, 6.07) is 11.4. The van der Waals surface area contributed by atoms with Crippen molar-refractivity contribution < 1.29 is 4.42 Å². The lowest BCUT2D eigenvalue weighted by Crippen LogP contribution is -2.37. The van der Waals surface area contributed by atoms with Crippen molar-refractivity contribution in [3.63, 3.8) is 0 Å². The van der Waals surface area contributed by atoms with Gasteiger partial charge >= 0.3 is 0 Å². The van der Waals surface area contributed by atoms with Gasteiger partial charge in [0.15, 0.2) is 0 Å². The van der Waals surface area contributed by atoms with E-state index < -0.39 is 0 Å². The highest BCUT2D eigenvalue weighted by Gasteiger charge is 2.35. The van der Waals surface area contributed by atoms with Crippen LogP contribution in [-0.2, 0) is 6.67 Å². The Hall–Kier alpha value is -1.46. The van der Waals surface area contributed by atoms with Crippen LogP contribution in [0.2, 0.25) is 0 Å². The molecule has 0 aliphatic heterocycles. The van der Waals surface area contributed by atoms with Crippen molar-refractivity contribution in [2.24, 2.45) is 0 Å². The minimum Gasteiger partial charge on any atom is -0.409 e. The van der Waals surface area contributed by atoms with Crippen molar-refractivity contribution >= 4 is 12.2 Å². The highest BCUT2D eigenvalue weighted by molar-refractivity contribution is 7.71. The Morgan fingerprint density at radius 3 is 2.45 bits per heavy atom. The number of nitrogens with zero attached hydrogens (tertiary/aromatic N) is 3. The van der Waals surface area contributed by atoms with Gasteiger partial charge in [-0.1, -0.05) is 31.0 Å². The van der Waals surface area contributed by atoms with Crippen LogP contribution >= 0.6 is 12.2 Å². The van der Waals surface area contributed by atoms with Gasteiger partial charge in [0.1, 0.15) is 0 Å². The Morgan fingerprint density at radius 1 is 1.09 bits per heavy atom. The minimum atomic E-state index is 0.475. The highest BCUT2D eigenvalue weighted by atomic mass is 32.1. The fourth-order valence-corrected chi connectivity index (χ4v) is 3.60.